The Morgan fingerprint density at radius 2 is 1.03 bits per heavy atom. The van der Waals surface area contributed by atoms with Crippen LogP contribution in [0.4, 0.5) is 0 Å². The summed E-state index contributed by atoms with van der Waals surface area (Å²) in [5, 5.41) is 30.1. The number of nitrogens with zero attached hydrogens (tertiary/aromatic N) is 1. The summed E-state index contributed by atoms with van der Waals surface area (Å²) in [7, 11) is 0. The Hall–Kier alpha value is -1.89. The van der Waals surface area contributed by atoms with Gasteiger partial charge in [-0.05, 0) is 18.9 Å². The normalized spacial score (nSPS) is 15.6. The van der Waals surface area contributed by atoms with Crippen molar-refractivity contribution in [1.82, 2.24) is 0 Å². The number of rotatable bonds is 27. The van der Waals surface area contributed by atoms with Gasteiger partial charge in [0.1, 0.15) is 0 Å². The van der Waals surface area contributed by atoms with Crippen LogP contribution in [0.3, 0.4) is 0 Å². The average molecular weight is 554 g/mol. The number of allylic oxidation sites excluding steroid dienone is 1. The number of carboxylic acid groups (broad SMARTS) is 3. The maximum atomic E-state index is 11.4. The number of hydrogen-bond acceptors (Lipinski definition) is 4. The lowest BCUT2D eigenvalue weighted by Gasteiger charge is -2.40. The van der Waals surface area contributed by atoms with E-state index >= 15 is 0 Å². The Balaban J connectivity index is 4.80. The van der Waals surface area contributed by atoms with Crippen molar-refractivity contribution in [3.8, 4) is 0 Å². The van der Waals surface area contributed by atoms with Crippen LogP contribution in [-0.2, 0) is 14.4 Å². The fourth-order valence-corrected chi connectivity index (χ4v) is 4.90. The van der Waals surface area contributed by atoms with Gasteiger partial charge in [0.05, 0.1) is 38.0 Å². The molecule has 3 atom stereocenters. The monoisotopic (exact) mass is 553 g/mol. The molecule has 0 amide bonds. The summed E-state index contributed by atoms with van der Waals surface area (Å²) in [5.41, 5.74) is 0. The quantitative estimate of drug-likeness (QED) is 0.0686. The molecular formula is C32H59NO6. The van der Waals surface area contributed by atoms with E-state index in [1.165, 1.54) is 70.6 Å². The largest absolute Gasteiger partial charge is 0.550 e. The molecule has 0 bridgehead atoms. The van der Waals surface area contributed by atoms with Gasteiger partial charge in [0, 0.05) is 31.1 Å². The summed E-state index contributed by atoms with van der Waals surface area (Å²) in [6.45, 7) is 9.60. The number of carboxylic acids is 3. The summed E-state index contributed by atoms with van der Waals surface area (Å²) < 4.78 is 0.502. The Bertz CT molecular complexity index is 632. The Morgan fingerprint density at radius 3 is 1.41 bits per heavy atom. The zero-order valence-electron chi connectivity index (χ0n) is 25.5. The molecule has 0 aromatic heterocycles. The third-order valence-electron chi connectivity index (χ3n) is 8.24. The summed E-state index contributed by atoms with van der Waals surface area (Å²) >= 11 is 0. The molecule has 0 saturated heterocycles. The standard InChI is InChI=1S/C32H59NO6/c1-5-6-7-8-9-10-11-12-13-14-15-16-17-18-19-23-33(24-20-27(2)30(34)35,25-21-28(3)31(36)37)26-22-29(4)32(38)39/h18-19,27-29H,5-17,20-26H2,1-4H3,(H2-,34,35,36,37,38,39)/b19-18+. The number of quaternary nitrogens is 1. The predicted molar refractivity (Wildman–Crippen MR) is 156 cm³/mol. The zero-order chi connectivity index (χ0) is 29.5. The first kappa shape index (κ1) is 37.1. The molecule has 0 radical (unpaired) electrons. The minimum Gasteiger partial charge on any atom is -0.550 e. The van der Waals surface area contributed by atoms with Gasteiger partial charge in [-0.3, -0.25) is 9.59 Å². The Labute approximate surface area is 238 Å². The highest BCUT2D eigenvalue weighted by Gasteiger charge is 2.30. The predicted octanol–water partition coefficient (Wildman–Crippen LogP) is 6.45. The van der Waals surface area contributed by atoms with Gasteiger partial charge in [0.15, 0.2) is 0 Å². The fraction of sp³-hybridized carbons (Fsp3) is 0.844. The van der Waals surface area contributed by atoms with Gasteiger partial charge in [-0.1, -0.05) is 104 Å². The molecule has 0 saturated carbocycles. The molecule has 0 aliphatic carbocycles. The SMILES string of the molecule is CCCCCCCCCCCCCC/C=C/C[N+](CCC(C)C(=O)[O-])(CCC(C)C(=O)O)CCC(C)C(=O)O. The van der Waals surface area contributed by atoms with Gasteiger partial charge < -0.3 is 24.6 Å². The second-order valence-electron chi connectivity index (χ2n) is 11.9. The number of aliphatic carboxylic acids is 3. The second kappa shape index (κ2) is 22.9. The van der Waals surface area contributed by atoms with Crippen LogP contribution >= 0.6 is 0 Å². The van der Waals surface area contributed by atoms with Crippen LogP contribution in [0.15, 0.2) is 12.2 Å². The average Bonchev–Trinajstić information content (AvgIpc) is 2.90. The minimum atomic E-state index is -1.09. The van der Waals surface area contributed by atoms with Crippen molar-refractivity contribution in [3.05, 3.63) is 12.2 Å². The molecule has 0 aliphatic heterocycles. The fourth-order valence-electron chi connectivity index (χ4n) is 4.90. The molecule has 7 heteroatoms. The number of carbonyl (C=O) groups is 3. The topological polar surface area (TPSA) is 115 Å². The lowest BCUT2D eigenvalue weighted by molar-refractivity contribution is -0.924. The third kappa shape index (κ3) is 19.8. The number of hydrogen-bond donors (Lipinski definition) is 2. The van der Waals surface area contributed by atoms with E-state index < -0.39 is 35.7 Å². The summed E-state index contributed by atoms with van der Waals surface area (Å²) in [4.78, 5) is 34.2. The van der Waals surface area contributed by atoms with Crippen LogP contribution in [0.5, 0.6) is 0 Å². The number of carbonyl (C=O) groups excluding carboxylic acids is 1. The molecule has 0 aromatic rings. The van der Waals surface area contributed by atoms with Crippen LogP contribution in [0.25, 0.3) is 0 Å². The van der Waals surface area contributed by atoms with Crippen molar-refractivity contribution >= 4 is 17.9 Å². The van der Waals surface area contributed by atoms with Crippen LogP contribution < -0.4 is 5.11 Å². The molecule has 39 heavy (non-hydrogen) atoms. The van der Waals surface area contributed by atoms with Gasteiger partial charge >= 0.3 is 11.9 Å². The van der Waals surface area contributed by atoms with Gasteiger partial charge in [0.25, 0.3) is 0 Å². The van der Waals surface area contributed by atoms with Crippen molar-refractivity contribution in [2.24, 2.45) is 17.8 Å². The first-order valence-electron chi connectivity index (χ1n) is 15.7. The van der Waals surface area contributed by atoms with Crippen molar-refractivity contribution in [2.45, 2.75) is 130 Å². The van der Waals surface area contributed by atoms with E-state index in [-0.39, 0.29) is 0 Å². The highest BCUT2D eigenvalue weighted by molar-refractivity contribution is 5.69. The molecule has 0 aliphatic rings. The van der Waals surface area contributed by atoms with Gasteiger partial charge in [-0.2, -0.15) is 0 Å². The van der Waals surface area contributed by atoms with E-state index in [1.54, 1.807) is 20.8 Å². The van der Waals surface area contributed by atoms with Gasteiger partial charge in [-0.15, -0.1) is 0 Å². The summed E-state index contributed by atoms with van der Waals surface area (Å²) in [5.74, 6) is -4.42. The first-order chi connectivity index (χ1) is 18.5. The van der Waals surface area contributed by atoms with Gasteiger partial charge in [-0.25, -0.2) is 0 Å². The van der Waals surface area contributed by atoms with Crippen molar-refractivity contribution in [3.63, 3.8) is 0 Å². The lowest BCUT2D eigenvalue weighted by Crippen LogP contribution is -2.52. The molecule has 0 aromatic carbocycles. The third-order valence-corrected chi connectivity index (χ3v) is 8.24. The molecule has 0 spiro atoms. The molecular weight excluding hydrogens is 494 g/mol. The first-order valence-corrected chi connectivity index (χ1v) is 15.7. The van der Waals surface area contributed by atoms with Crippen LogP contribution in [0, 0.1) is 17.8 Å². The van der Waals surface area contributed by atoms with E-state index in [0.29, 0.717) is 49.9 Å². The van der Waals surface area contributed by atoms with Crippen molar-refractivity contribution in [2.75, 3.05) is 26.2 Å². The van der Waals surface area contributed by atoms with E-state index in [9.17, 15) is 29.7 Å². The van der Waals surface area contributed by atoms with Gasteiger partial charge in [0.2, 0.25) is 0 Å². The molecule has 228 valence electrons. The van der Waals surface area contributed by atoms with Crippen LogP contribution in [0.2, 0.25) is 0 Å². The van der Waals surface area contributed by atoms with Crippen LogP contribution in [0.1, 0.15) is 130 Å². The van der Waals surface area contributed by atoms with Crippen molar-refractivity contribution in [1.29, 1.82) is 0 Å². The lowest BCUT2D eigenvalue weighted by atomic mass is 10.0. The highest BCUT2D eigenvalue weighted by atomic mass is 16.4. The Kier molecular flexibility index (Phi) is 21.8. The summed E-state index contributed by atoms with van der Waals surface area (Å²) in [6.07, 6.45) is 22.4. The molecule has 7 nitrogen and oxygen atoms in total. The smallest absolute Gasteiger partial charge is 0.306 e. The molecule has 3 unspecified atom stereocenters. The molecule has 2 N–H and O–H groups in total. The maximum Gasteiger partial charge on any atom is 0.306 e. The zero-order valence-corrected chi connectivity index (χ0v) is 25.5. The molecule has 0 rings (SSSR count). The van der Waals surface area contributed by atoms with Crippen LogP contribution in [-0.4, -0.2) is 58.8 Å². The van der Waals surface area contributed by atoms with E-state index in [1.807, 2.05) is 0 Å². The highest BCUT2D eigenvalue weighted by Crippen LogP contribution is 2.20. The maximum absolute atomic E-state index is 11.4. The van der Waals surface area contributed by atoms with Crippen molar-refractivity contribution < 1.29 is 34.2 Å². The number of unbranched alkanes of at least 4 members (excludes halogenated alkanes) is 12. The Morgan fingerprint density at radius 1 is 0.641 bits per heavy atom. The molecule has 0 heterocycles. The molecule has 0 fully saturated rings. The van der Waals surface area contributed by atoms with E-state index in [2.05, 4.69) is 19.1 Å². The van der Waals surface area contributed by atoms with E-state index in [0.717, 1.165) is 12.8 Å². The minimum absolute atomic E-state index is 0.415. The summed E-state index contributed by atoms with van der Waals surface area (Å²) in [6, 6.07) is 0. The van der Waals surface area contributed by atoms with E-state index in [4.69, 9.17) is 0 Å². The second-order valence-corrected chi connectivity index (χ2v) is 11.9.